The molecule has 0 unspecified atom stereocenters. The molecule has 0 atom stereocenters. The Morgan fingerprint density at radius 2 is 1.73 bits per heavy atom. The van der Waals surface area contributed by atoms with Crippen LogP contribution in [0.25, 0.3) is 22.5 Å². The third-order valence-electron chi connectivity index (χ3n) is 3.50. The second-order valence-corrected chi connectivity index (χ2v) is 5.31. The molecular formula is C17H12N2O2S. The molecule has 0 spiro atoms. The van der Waals surface area contributed by atoms with Crippen LogP contribution >= 0.6 is 12.2 Å². The van der Waals surface area contributed by atoms with Crippen LogP contribution in [0.4, 0.5) is 0 Å². The van der Waals surface area contributed by atoms with E-state index < -0.39 is 0 Å². The molecule has 0 saturated carbocycles. The van der Waals surface area contributed by atoms with E-state index in [0.717, 1.165) is 34.0 Å². The summed E-state index contributed by atoms with van der Waals surface area (Å²) in [6, 6.07) is 17.8. The minimum absolute atomic E-state index is 0.260. The molecule has 108 valence electrons. The van der Waals surface area contributed by atoms with Crippen LogP contribution in [0.15, 0.2) is 54.6 Å². The maximum atomic E-state index is 5.42. The number of aromatic amines is 1. The van der Waals surface area contributed by atoms with Crippen molar-refractivity contribution in [3.63, 3.8) is 0 Å². The van der Waals surface area contributed by atoms with Gasteiger partial charge in [-0.05, 0) is 42.0 Å². The fourth-order valence-corrected chi connectivity index (χ4v) is 2.64. The number of aromatic nitrogens is 2. The molecule has 1 N–H and O–H groups in total. The Balaban J connectivity index is 1.83. The van der Waals surface area contributed by atoms with E-state index in [1.807, 2.05) is 54.6 Å². The largest absolute Gasteiger partial charge is 0.454 e. The smallest absolute Gasteiger partial charge is 0.231 e. The molecule has 0 radical (unpaired) electrons. The third kappa shape index (κ3) is 2.35. The number of nitrogens with zero attached hydrogens (tertiary/aromatic N) is 1. The lowest BCUT2D eigenvalue weighted by Gasteiger charge is -2.06. The Morgan fingerprint density at radius 3 is 2.59 bits per heavy atom. The quantitative estimate of drug-likeness (QED) is 0.721. The van der Waals surface area contributed by atoms with Crippen molar-refractivity contribution in [2.75, 3.05) is 6.79 Å². The zero-order valence-corrected chi connectivity index (χ0v) is 12.4. The van der Waals surface area contributed by atoms with Crippen LogP contribution in [-0.2, 0) is 0 Å². The first-order chi connectivity index (χ1) is 10.8. The fourth-order valence-electron chi connectivity index (χ4n) is 2.43. The highest BCUT2D eigenvalue weighted by atomic mass is 32.1. The van der Waals surface area contributed by atoms with Gasteiger partial charge in [-0.2, -0.15) is 0 Å². The molecule has 2 heterocycles. The van der Waals surface area contributed by atoms with E-state index in [2.05, 4.69) is 9.97 Å². The van der Waals surface area contributed by atoms with Crippen LogP contribution in [0.2, 0.25) is 0 Å². The van der Waals surface area contributed by atoms with Gasteiger partial charge in [0.25, 0.3) is 0 Å². The maximum absolute atomic E-state index is 5.42. The van der Waals surface area contributed by atoms with E-state index in [0.29, 0.717) is 4.77 Å². The molecule has 1 aliphatic heterocycles. The lowest BCUT2D eigenvalue weighted by Crippen LogP contribution is -1.93. The average Bonchev–Trinajstić information content (AvgIpc) is 3.02. The van der Waals surface area contributed by atoms with Crippen molar-refractivity contribution < 1.29 is 9.47 Å². The summed E-state index contributed by atoms with van der Waals surface area (Å²) >= 11 is 5.26. The Bertz CT molecular complexity index is 891. The summed E-state index contributed by atoms with van der Waals surface area (Å²) in [7, 11) is 0. The standard InChI is InChI=1S/C17H12N2O2S/c22-17-18-13(11-4-2-1-3-5-11)9-14(19-17)12-6-7-15-16(8-12)21-10-20-15/h1-9H,10H2,(H,18,19,22). The van der Waals surface area contributed by atoms with Gasteiger partial charge in [-0.3, -0.25) is 0 Å². The predicted octanol–water partition coefficient (Wildman–Crippen LogP) is 4.20. The van der Waals surface area contributed by atoms with Crippen LogP contribution in [0.5, 0.6) is 11.5 Å². The van der Waals surface area contributed by atoms with Crippen LogP contribution in [0.1, 0.15) is 0 Å². The van der Waals surface area contributed by atoms with Crippen LogP contribution < -0.4 is 9.47 Å². The van der Waals surface area contributed by atoms with Gasteiger partial charge >= 0.3 is 0 Å². The Labute approximate surface area is 132 Å². The number of fused-ring (bicyclic) bond motifs is 1. The van der Waals surface area contributed by atoms with E-state index in [1.54, 1.807) is 0 Å². The second kappa shape index (κ2) is 5.27. The number of hydrogen-bond donors (Lipinski definition) is 1. The molecule has 0 aliphatic carbocycles. The first-order valence-corrected chi connectivity index (χ1v) is 7.27. The SMILES string of the molecule is S=c1nc(-c2ccc3c(c2)OCO3)cc(-c2ccccc2)[nH]1. The number of benzene rings is 2. The van der Waals surface area contributed by atoms with Gasteiger partial charge in [0.05, 0.1) is 5.69 Å². The number of H-pyrrole nitrogens is 1. The lowest BCUT2D eigenvalue weighted by atomic mass is 10.1. The van der Waals surface area contributed by atoms with E-state index >= 15 is 0 Å². The van der Waals surface area contributed by atoms with Crippen molar-refractivity contribution in [2.45, 2.75) is 0 Å². The molecule has 4 rings (SSSR count). The summed E-state index contributed by atoms with van der Waals surface area (Å²) < 4.78 is 11.2. The molecule has 1 aliphatic rings. The third-order valence-corrected chi connectivity index (χ3v) is 3.69. The molecule has 2 aromatic carbocycles. The monoisotopic (exact) mass is 308 g/mol. The summed E-state index contributed by atoms with van der Waals surface area (Å²) in [5.74, 6) is 1.49. The van der Waals surface area contributed by atoms with Crippen molar-refractivity contribution in [3.8, 4) is 34.0 Å². The molecule has 3 aromatic rings. The van der Waals surface area contributed by atoms with E-state index in [-0.39, 0.29) is 6.79 Å². The minimum atomic E-state index is 0.260. The lowest BCUT2D eigenvalue weighted by molar-refractivity contribution is 0.174. The number of ether oxygens (including phenoxy) is 2. The van der Waals surface area contributed by atoms with Crippen molar-refractivity contribution in [2.24, 2.45) is 0 Å². The Kier molecular flexibility index (Phi) is 3.12. The summed E-state index contributed by atoms with van der Waals surface area (Å²) in [4.78, 5) is 7.55. The topological polar surface area (TPSA) is 47.1 Å². The van der Waals surface area contributed by atoms with Gasteiger partial charge in [-0.1, -0.05) is 30.3 Å². The molecule has 4 nitrogen and oxygen atoms in total. The van der Waals surface area contributed by atoms with Gasteiger partial charge in [0.2, 0.25) is 6.79 Å². The van der Waals surface area contributed by atoms with Gasteiger partial charge < -0.3 is 14.5 Å². The molecule has 0 saturated heterocycles. The molecule has 5 heteroatoms. The van der Waals surface area contributed by atoms with Crippen LogP contribution in [-0.4, -0.2) is 16.8 Å². The van der Waals surface area contributed by atoms with E-state index in [1.165, 1.54) is 0 Å². The molecule has 0 fully saturated rings. The summed E-state index contributed by atoms with van der Waals surface area (Å²) in [5, 5.41) is 0. The van der Waals surface area contributed by atoms with Crippen LogP contribution in [0, 0.1) is 4.77 Å². The average molecular weight is 308 g/mol. The van der Waals surface area contributed by atoms with Crippen molar-refractivity contribution >= 4 is 12.2 Å². The Hall–Kier alpha value is -2.66. The van der Waals surface area contributed by atoms with Gasteiger partial charge in [-0.25, -0.2) is 4.98 Å². The zero-order valence-electron chi connectivity index (χ0n) is 11.6. The number of rotatable bonds is 2. The highest BCUT2D eigenvalue weighted by Crippen LogP contribution is 2.35. The minimum Gasteiger partial charge on any atom is -0.454 e. The normalized spacial score (nSPS) is 12.4. The molecular weight excluding hydrogens is 296 g/mol. The van der Waals surface area contributed by atoms with Gasteiger partial charge in [-0.15, -0.1) is 0 Å². The highest BCUT2D eigenvalue weighted by molar-refractivity contribution is 7.71. The molecule has 0 amide bonds. The number of nitrogens with one attached hydrogen (secondary N) is 1. The first-order valence-electron chi connectivity index (χ1n) is 6.86. The van der Waals surface area contributed by atoms with E-state index in [4.69, 9.17) is 21.7 Å². The molecule has 22 heavy (non-hydrogen) atoms. The Morgan fingerprint density at radius 1 is 0.909 bits per heavy atom. The summed E-state index contributed by atoms with van der Waals surface area (Å²) in [5.41, 5.74) is 3.76. The molecule has 0 bridgehead atoms. The van der Waals surface area contributed by atoms with E-state index in [9.17, 15) is 0 Å². The van der Waals surface area contributed by atoms with Gasteiger partial charge in [0.15, 0.2) is 16.3 Å². The fraction of sp³-hybridized carbons (Fsp3) is 0.0588. The van der Waals surface area contributed by atoms with Crippen molar-refractivity contribution in [3.05, 3.63) is 59.4 Å². The maximum Gasteiger partial charge on any atom is 0.231 e. The van der Waals surface area contributed by atoms with Crippen molar-refractivity contribution in [1.82, 2.24) is 9.97 Å². The second-order valence-electron chi connectivity index (χ2n) is 4.92. The van der Waals surface area contributed by atoms with Gasteiger partial charge in [0, 0.05) is 11.3 Å². The first kappa shape index (κ1) is 13.0. The number of hydrogen-bond acceptors (Lipinski definition) is 4. The molecule has 1 aromatic heterocycles. The zero-order chi connectivity index (χ0) is 14.9. The predicted molar refractivity (Wildman–Crippen MR) is 86.4 cm³/mol. The van der Waals surface area contributed by atoms with Gasteiger partial charge in [0.1, 0.15) is 0 Å². The van der Waals surface area contributed by atoms with Crippen molar-refractivity contribution in [1.29, 1.82) is 0 Å². The van der Waals surface area contributed by atoms with Crippen LogP contribution in [0.3, 0.4) is 0 Å². The highest BCUT2D eigenvalue weighted by Gasteiger charge is 2.14. The summed E-state index contributed by atoms with van der Waals surface area (Å²) in [6.45, 7) is 0.260. The summed E-state index contributed by atoms with van der Waals surface area (Å²) in [6.07, 6.45) is 0.